The van der Waals surface area contributed by atoms with E-state index in [4.69, 9.17) is 4.74 Å². The Morgan fingerprint density at radius 3 is 2.35 bits per heavy atom. The number of hydrogen-bond donors (Lipinski definition) is 0. The average Bonchev–Trinajstić information content (AvgIpc) is 3.04. The summed E-state index contributed by atoms with van der Waals surface area (Å²) >= 11 is 0. The van der Waals surface area contributed by atoms with Crippen molar-refractivity contribution >= 4 is 12.2 Å². The zero-order valence-electron chi connectivity index (χ0n) is 12.7. The van der Waals surface area contributed by atoms with Gasteiger partial charge in [0.15, 0.2) is 23.3 Å². The van der Waals surface area contributed by atoms with E-state index in [-0.39, 0.29) is 12.0 Å². The van der Waals surface area contributed by atoms with Gasteiger partial charge in [-0.15, -0.1) is 0 Å². The van der Waals surface area contributed by atoms with Crippen molar-refractivity contribution in [2.75, 3.05) is 7.11 Å². The lowest BCUT2D eigenvalue weighted by Gasteiger charge is -2.09. The van der Waals surface area contributed by atoms with Gasteiger partial charge < -0.3 is 9.57 Å². The fourth-order valence-electron chi connectivity index (χ4n) is 2.51. The smallest absolute Gasteiger partial charge is 0.310 e. The molecule has 4 nitrogen and oxygen atoms in total. The second kappa shape index (κ2) is 6.17. The van der Waals surface area contributed by atoms with Crippen LogP contribution in [0.3, 0.4) is 0 Å². The van der Waals surface area contributed by atoms with E-state index in [0.29, 0.717) is 0 Å². The molecule has 2 atom stereocenters. The van der Waals surface area contributed by atoms with Gasteiger partial charge in [-0.25, -0.2) is 17.6 Å². The Bertz CT molecular complexity index is 634. The molecule has 0 radical (unpaired) electrons. The summed E-state index contributed by atoms with van der Waals surface area (Å²) in [6.45, 7) is 2.68. The van der Waals surface area contributed by atoms with Crippen molar-refractivity contribution in [1.29, 1.82) is 0 Å². The first-order valence-electron chi connectivity index (χ1n) is 6.77. The molecule has 0 amide bonds. The molecule has 0 unspecified atom stereocenters. The Hall–Kier alpha value is -2.12. The van der Waals surface area contributed by atoms with E-state index in [1.807, 2.05) is 0 Å². The summed E-state index contributed by atoms with van der Waals surface area (Å²) < 4.78 is 58.0. The molecule has 1 saturated carbocycles. The van der Waals surface area contributed by atoms with E-state index in [1.54, 1.807) is 13.8 Å². The number of halogens is 4. The third kappa shape index (κ3) is 3.16. The van der Waals surface area contributed by atoms with Gasteiger partial charge in [-0.3, -0.25) is 4.79 Å². The van der Waals surface area contributed by atoms with Crippen LogP contribution in [-0.4, -0.2) is 19.3 Å². The molecule has 126 valence electrons. The average molecular weight is 333 g/mol. The van der Waals surface area contributed by atoms with Crippen molar-refractivity contribution in [3.05, 3.63) is 34.9 Å². The minimum Gasteiger partial charge on any atom is -0.460 e. The summed E-state index contributed by atoms with van der Waals surface area (Å²) in [5, 5.41) is 3.58. The molecule has 1 aromatic carbocycles. The fraction of sp³-hybridized carbons (Fsp3) is 0.467. The number of carbonyl (C=O) groups is 1. The molecule has 0 aromatic heterocycles. The summed E-state index contributed by atoms with van der Waals surface area (Å²) in [4.78, 5) is 16.5. The van der Waals surface area contributed by atoms with Crippen molar-refractivity contribution in [3.8, 4) is 0 Å². The van der Waals surface area contributed by atoms with Gasteiger partial charge in [0.2, 0.25) is 0 Å². The summed E-state index contributed by atoms with van der Waals surface area (Å²) in [5.74, 6) is -7.82. The lowest BCUT2D eigenvalue weighted by molar-refractivity contribution is -0.147. The van der Waals surface area contributed by atoms with Crippen LogP contribution >= 0.6 is 0 Å². The van der Waals surface area contributed by atoms with Crippen molar-refractivity contribution in [1.82, 2.24) is 0 Å². The molecular formula is C15H15F4NO3. The van der Waals surface area contributed by atoms with Gasteiger partial charge in [-0.1, -0.05) is 19.0 Å². The quantitative estimate of drug-likeness (QED) is 0.273. The number of hydrogen-bond acceptors (Lipinski definition) is 4. The number of esters is 1. The van der Waals surface area contributed by atoms with Crippen LogP contribution in [0.1, 0.15) is 19.4 Å². The molecule has 0 spiro atoms. The van der Waals surface area contributed by atoms with Crippen LogP contribution in [0, 0.1) is 40.5 Å². The zero-order valence-corrected chi connectivity index (χ0v) is 12.7. The molecule has 0 heterocycles. The van der Waals surface area contributed by atoms with Crippen LogP contribution in [0.5, 0.6) is 0 Å². The van der Waals surface area contributed by atoms with Gasteiger partial charge in [-0.05, 0) is 5.41 Å². The van der Waals surface area contributed by atoms with Crippen molar-refractivity contribution in [2.45, 2.75) is 20.5 Å². The number of carbonyl (C=O) groups excluding carboxylic acids is 1. The third-order valence-electron chi connectivity index (χ3n) is 4.05. The number of nitrogens with zero attached hydrogens (tertiary/aromatic N) is 1. The van der Waals surface area contributed by atoms with E-state index < -0.39 is 52.7 Å². The van der Waals surface area contributed by atoms with E-state index >= 15 is 0 Å². The monoisotopic (exact) mass is 333 g/mol. The maximum absolute atomic E-state index is 13.5. The molecule has 2 rings (SSSR count). The Morgan fingerprint density at radius 2 is 1.83 bits per heavy atom. The Balaban J connectivity index is 2.08. The maximum atomic E-state index is 13.5. The van der Waals surface area contributed by atoms with Gasteiger partial charge >= 0.3 is 5.97 Å². The first-order chi connectivity index (χ1) is 10.7. The lowest BCUT2D eigenvalue weighted by Crippen LogP contribution is -2.13. The Labute approximate surface area is 130 Å². The predicted molar refractivity (Wildman–Crippen MR) is 72.3 cm³/mol. The SMILES string of the molecule is CO/N=C\[C@@H]1[C@@H](C(=O)OCc2c(F)c(F)cc(F)c2F)C1(C)C. The maximum Gasteiger partial charge on any atom is 0.310 e. The highest BCUT2D eigenvalue weighted by Crippen LogP contribution is 2.57. The summed E-state index contributed by atoms with van der Waals surface area (Å²) in [7, 11) is 1.35. The Kier molecular flexibility index (Phi) is 4.63. The number of rotatable bonds is 5. The molecule has 0 bridgehead atoms. The number of oxime groups is 1. The van der Waals surface area contributed by atoms with Gasteiger partial charge in [0, 0.05) is 18.2 Å². The minimum absolute atomic E-state index is 0.0945. The molecule has 1 fully saturated rings. The lowest BCUT2D eigenvalue weighted by atomic mass is 10.1. The molecule has 1 aliphatic rings. The van der Waals surface area contributed by atoms with Crippen LogP contribution in [0.15, 0.2) is 11.2 Å². The molecular weight excluding hydrogens is 318 g/mol. The summed E-state index contributed by atoms with van der Waals surface area (Å²) in [6, 6.07) is 0.0945. The van der Waals surface area contributed by atoms with Crippen LogP contribution in [-0.2, 0) is 21.0 Å². The summed E-state index contributed by atoms with van der Waals surface area (Å²) in [5.41, 5.74) is -1.42. The van der Waals surface area contributed by atoms with Crippen LogP contribution < -0.4 is 0 Å². The molecule has 1 aliphatic carbocycles. The van der Waals surface area contributed by atoms with E-state index in [2.05, 4.69) is 9.99 Å². The largest absolute Gasteiger partial charge is 0.460 e. The second-order valence-corrected chi connectivity index (χ2v) is 5.82. The van der Waals surface area contributed by atoms with Crippen molar-refractivity contribution < 1.29 is 31.9 Å². The molecule has 0 saturated heterocycles. The van der Waals surface area contributed by atoms with E-state index in [0.717, 1.165) is 0 Å². The highest BCUT2D eigenvalue weighted by Gasteiger charge is 2.62. The first kappa shape index (κ1) is 17.2. The molecule has 0 N–H and O–H groups in total. The van der Waals surface area contributed by atoms with E-state index in [9.17, 15) is 22.4 Å². The molecule has 1 aromatic rings. The minimum atomic E-state index is -1.58. The molecule has 23 heavy (non-hydrogen) atoms. The molecule has 8 heteroatoms. The number of ether oxygens (including phenoxy) is 1. The highest BCUT2D eigenvalue weighted by molar-refractivity contribution is 5.85. The predicted octanol–water partition coefficient (Wildman–Crippen LogP) is 3.19. The van der Waals surface area contributed by atoms with Gasteiger partial charge in [0.25, 0.3) is 0 Å². The van der Waals surface area contributed by atoms with Crippen molar-refractivity contribution in [2.24, 2.45) is 22.4 Å². The fourth-order valence-corrected chi connectivity index (χ4v) is 2.51. The first-order valence-corrected chi connectivity index (χ1v) is 6.77. The van der Waals surface area contributed by atoms with Crippen LogP contribution in [0.4, 0.5) is 17.6 Å². The topological polar surface area (TPSA) is 47.9 Å². The standard InChI is InChI=1S/C15H15F4NO3/c1-15(2)8(5-20-22-3)11(15)14(21)23-6-7-12(18)9(16)4-10(17)13(7)19/h4-5,8,11H,6H2,1-3H3/b20-5-/t8-,11+/m1/s1. The van der Waals surface area contributed by atoms with Gasteiger partial charge in [0.05, 0.1) is 11.5 Å². The second-order valence-electron chi connectivity index (χ2n) is 5.82. The zero-order chi connectivity index (χ0) is 17.4. The van der Waals surface area contributed by atoms with Crippen molar-refractivity contribution in [3.63, 3.8) is 0 Å². The highest BCUT2D eigenvalue weighted by atomic mass is 19.2. The molecule has 0 aliphatic heterocycles. The number of benzene rings is 1. The van der Waals surface area contributed by atoms with Gasteiger partial charge in [-0.2, -0.15) is 0 Å². The summed E-state index contributed by atoms with van der Waals surface area (Å²) in [6.07, 6.45) is 1.44. The van der Waals surface area contributed by atoms with Crippen LogP contribution in [0.2, 0.25) is 0 Å². The third-order valence-corrected chi connectivity index (χ3v) is 4.05. The van der Waals surface area contributed by atoms with Gasteiger partial charge in [0.1, 0.15) is 13.7 Å². The normalized spacial score (nSPS) is 22.2. The Morgan fingerprint density at radius 1 is 1.26 bits per heavy atom. The van der Waals surface area contributed by atoms with Crippen LogP contribution in [0.25, 0.3) is 0 Å². The van der Waals surface area contributed by atoms with E-state index in [1.165, 1.54) is 13.3 Å².